The number of ketones is 2. The van der Waals surface area contributed by atoms with Crippen LogP contribution in [0.5, 0.6) is 17.2 Å². The Hall–Kier alpha value is -3.74. The number of furan rings is 1. The van der Waals surface area contributed by atoms with Crippen LogP contribution in [0.2, 0.25) is 0 Å². The smallest absolute Gasteiger partial charge is 0.203 e. The van der Waals surface area contributed by atoms with Crippen molar-refractivity contribution < 1.29 is 28.2 Å². The van der Waals surface area contributed by atoms with Crippen molar-refractivity contribution in [2.24, 2.45) is 5.92 Å². The van der Waals surface area contributed by atoms with Gasteiger partial charge in [-0.05, 0) is 61.7 Å². The monoisotopic (exact) mass is 463 g/mol. The summed E-state index contributed by atoms with van der Waals surface area (Å²) in [6.07, 6.45) is 3.07. The van der Waals surface area contributed by atoms with Crippen LogP contribution < -0.4 is 19.1 Å². The second-order valence-electron chi connectivity index (χ2n) is 8.46. The first-order valence-corrected chi connectivity index (χ1v) is 11.2. The lowest BCUT2D eigenvalue weighted by Gasteiger charge is -2.23. The van der Waals surface area contributed by atoms with Crippen molar-refractivity contribution in [3.63, 3.8) is 0 Å². The Kier molecular flexibility index (Phi) is 6.91. The largest absolute Gasteiger partial charge is 0.493 e. The van der Waals surface area contributed by atoms with E-state index in [4.69, 9.17) is 18.6 Å². The zero-order chi connectivity index (χ0) is 24.2. The van der Waals surface area contributed by atoms with Crippen molar-refractivity contribution in [1.82, 2.24) is 0 Å². The van der Waals surface area contributed by atoms with Crippen LogP contribution in [0, 0.1) is 5.92 Å². The molecule has 1 aromatic heterocycles. The van der Waals surface area contributed by atoms with Gasteiger partial charge in [0, 0.05) is 41.9 Å². The Labute approximate surface area is 199 Å². The molecular formula is C27H29NO6. The molecule has 2 heterocycles. The van der Waals surface area contributed by atoms with Gasteiger partial charge < -0.3 is 28.3 Å². The van der Waals surface area contributed by atoms with Gasteiger partial charge in [0.2, 0.25) is 5.75 Å². The summed E-state index contributed by atoms with van der Waals surface area (Å²) in [5, 5.41) is 0. The van der Waals surface area contributed by atoms with E-state index in [-0.39, 0.29) is 17.5 Å². The van der Waals surface area contributed by atoms with E-state index in [1.54, 1.807) is 25.3 Å². The zero-order valence-electron chi connectivity index (χ0n) is 19.9. The summed E-state index contributed by atoms with van der Waals surface area (Å²) in [5.41, 5.74) is 2.61. The molecule has 4 rings (SSSR count). The van der Waals surface area contributed by atoms with E-state index >= 15 is 0 Å². The highest BCUT2D eigenvalue weighted by molar-refractivity contribution is 6.13. The molecule has 7 nitrogen and oxygen atoms in total. The van der Waals surface area contributed by atoms with E-state index in [0.717, 1.165) is 30.8 Å². The Morgan fingerprint density at radius 3 is 2.35 bits per heavy atom. The lowest BCUT2D eigenvalue weighted by Crippen LogP contribution is -2.23. The predicted molar refractivity (Wildman–Crippen MR) is 129 cm³/mol. The van der Waals surface area contributed by atoms with Crippen LogP contribution in [0.1, 0.15) is 35.7 Å². The van der Waals surface area contributed by atoms with Crippen LogP contribution in [0.4, 0.5) is 5.69 Å². The summed E-state index contributed by atoms with van der Waals surface area (Å²) in [4.78, 5) is 27.7. The van der Waals surface area contributed by atoms with Crippen molar-refractivity contribution in [2.75, 3.05) is 39.3 Å². The van der Waals surface area contributed by atoms with Gasteiger partial charge in [-0.1, -0.05) is 0 Å². The average Bonchev–Trinajstić information content (AvgIpc) is 3.54. The molecule has 1 fully saturated rings. The van der Waals surface area contributed by atoms with Gasteiger partial charge in [0.25, 0.3) is 0 Å². The summed E-state index contributed by atoms with van der Waals surface area (Å²) < 4.78 is 21.9. The number of carbonyl (C=O) groups is 2. The molecule has 1 unspecified atom stereocenters. The van der Waals surface area contributed by atoms with Gasteiger partial charge in [-0.3, -0.25) is 4.79 Å². The van der Waals surface area contributed by atoms with Crippen LogP contribution in [-0.2, 0) is 4.79 Å². The van der Waals surface area contributed by atoms with Crippen molar-refractivity contribution in [1.29, 1.82) is 0 Å². The number of Topliss-reactive ketones (excluding diaryl/α,β-unsaturated/α-hetero) is 1. The molecule has 0 N–H and O–H groups in total. The highest BCUT2D eigenvalue weighted by Gasteiger charge is 2.28. The van der Waals surface area contributed by atoms with Crippen LogP contribution >= 0.6 is 0 Å². The van der Waals surface area contributed by atoms with Crippen molar-refractivity contribution in [2.45, 2.75) is 19.8 Å². The number of ether oxygens (including phenoxy) is 3. The Morgan fingerprint density at radius 2 is 1.76 bits per heavy atom. The summed E-state index contributed by atoms with van der Waals surface area (Å²) in [7, 11) is 4.57. The van der Waals surface area contributed by atoms with Crippen LogP contribution in [-0.4, -0.2) is 46.0 Å². The minimum atomic E-state index is -0.169. The molecule has 178 valence electrons. The van der Waals surface area contributed by atoms with E-state index in [2.05, 4.69) is 4.90 Å². The third-order valence-electron chi connectivity index (χ3n) is 6.18. The summed E-state index contributed by atoms with van der Waals surface area (Å²) in [6.45, 7) is 3.14. The summed E-state index contributed by atoms with van der Waals surface area (Å²) in [5.74, 6) is 2.24. The number of methoxy groups -OCH3 is 3. The average molecular weight is 464 g/mol. The molecule has 1 atom stereocenters. The van der Waals surface area contributed by atoms with Crippen LogP contribution in [0.3, 0.4) is 0 Å². The maximum absolute atomic E-state index is 13.9. The SMILES string of the molecule is COc1cc(C(=O)c2cc(-c3ccco3)ccc2N2CCC(CC(C)=O)C2)cc(OC)c1OC. The quantitative estimate of drug-likeness (QED) is 0.413. The third-order valence-corrected chi connectivity index (χ3v) is 6.18. The molecule has 1 aliphatic heterocycles. The van der Waals surface area contributed by atoms with Gasteiger partial charge in [-0.15, -0.1) is 0 Å². The number of benzene rings is 2. The van der Waals surface area contributed by atoms with Gasteiger partial charge in [0.15, 0.2) is 17.3 Å². The summed E-state index contributed by atoms with van der Waals surface area (Å²) >= 11 is 0. The molecule has 2 aromatic carbocycles. The minimum absolute atomic E-state index is 0.169. The molecule has 1 saturated heterocycles. The number of carbonyl (C=O) groups excluding carboxylic acids is 2. The van der Waals surface area contributed by atoms with Crippen molar-refractivity contribution in [3.05, 3.63) is 59.9 Å². The second-order valence-corrected chi connectivity index (χ2v) is 8.46. The number of nitrogens with zero attached hydrogens (tertiary/aromatic N) is 1. The predicted octanol–water partition coefficient (Wildman–Crippen LogP) is 5.01. The highest BCUT2D eigenvalue weighted by Crippen LogP contribution is 2.40. The normalized spacial score (nSPS) is 15.3. The van der Waals surface area contributed by atoms with Crippen LogP contribution in [0.25, 0.3) is 11.3 Å². The maximum Gasteiger partial charge on any atom is 0.203 e. The first-order chi connectivity index (χ1) is 16.4. The van der Waals surface area contributed by atoms with Gasteiger partial charge in [-0.25, -0.2) is 0 Å². The maximum atomic E-state index is 13.9. The Balaban J connectivity index is 1.78. The minimum Gasteiger partial charge on any atom is -0.493 e. The number of anilines is 1. The molecule has 0 amide bonds. The van der Waals surface area contributed by atoms with Crippen LogP contribution in [0.15, 0.2) is 53.1 Å². The molecule has 0 bridgehead atoms. The molecule has 0 spiro atoms. The second kappa shape index (κ2) is 10.0. The molecule has 1 aliphatic rings. The molecule has 7 heteroatoms. The van der Waals surface area contributed by atoms with E-state index in [1.807, 2.05) is 30.3 Å². The Bertz CT molecular complexity index is 1160. The fourth-order valence-corrected chi connectivity index (χ4v) is 4.58. The van der Waals surface area contributed by atoms with Gasteiger partial charge >= 0.3 is 0 Å². The molecule has 34 heavy (non-hydrogen) atoms. The van der Waals surface area contributed by atoms with Gasteiger partial charge in [-0.2, -0.15) is 0 Å². The lowest BCUT2D eigenvalue weighted by molar-refractivity contribution is -0.117. The molecular weight excluding hydrogens is 434 g/mol. The first kappa shape index (κ1) is 23.4. The number of rotatable bonds is 9. The van der Waals surface area contributed by atoms with Gasteiger partial charge in [0.1, 0.15) is 11.5 Å². The number of hydrogen-bond acceptors (Lipinski definition) is 7. The number of hydrogen-bond donors (Lipinski definition) is 0. The lowest BCUT2D eigenvalue weighted by atomic mass is 9.97. The molecule has 0 saturated carbocycles. The fourth-order valence-electron chi connectivity index (χ4n) is 4.58. The third kappa shape index (κ3) is 4.64. The highest BCUT2D eigenvalue weighted by atomic mass is 16.5. The zero-order valence-corrected chi connectivity index (χ0v) is 19.9. The van der Waals surface area contributed by atoms with Gasteiger partial charge in [0.05, 0.1) is 27.6 Å². The molecule has 3 aromatic rings. The van der Waals surface area contributed by atoms with E-state index in [0.29, 0.717) is 40.6 Å². The van der Waals surface area contributed by atoms with Crippen molar-refractivity contribution >= 4 is 17.3 Å². The van der Waals surface area contributed by atoms with E-state index in [9.17, 15) is 9.59 Å². The standard InChI is InChI=1S/C27H29NO6/c1-17(29)12-18-9-10-28(16-18)22-8-7-19(23-6-5-11-34-23)13-21(22)26(30)20-14-24(31-2)27(33-4)25(15-20)32-3/h5-8,11,13-15,18H,9-10,12,16H2,1-4H3. The fraction of sp³-hybridized carbons (Fsp3) is 0.333. The topological polar surface area (TPSA) is 78.2 Å². The van der Waals surface area contributed by atoms with E-state index in [1.165, 1.54) is 21.3 Å². The summed E-state index contributed by atoms with van der Waals surface area (Å²) in [6, 6.07) is 12.8. The van der Waals surface area contributed by atoms with E-state index < -0.39 is 0 Å². The molecule has 0 aliphatic carbocycles. The first-order valence-electron chi connectivity index (χ1n) is 11.2. The van der Waals surface area contributed by atoms with Crippen molar-refractivity contribution in [3.8, 4) is 28.6 Å². The molecule has 0 radical (unpaired) electrons. The Morgan fingerprint density at radius 1 is 1.03 bits per heavy atom.